The topological polar surface area (TPSA) is 56.7 Å². The largest absolute Gasteiger partial charge is 0.455 e. The number of nitrogens with zero attached hydrogens (tertiary/aromatic N) is 4. The monoisotopic (exact) mass is 748 g/mol. The van der Waals surface area contributed by atoms with Gasteiger partial charge in [-0.1, -0.05) is 152 Å². The van der Waals surface area contributed by atoms with Crippen molar-refractivity contribution < 1.29 is 15.4 Å². The van der Waals surface area contributed by atoms with Crippen LogP contribution in [0.15, 0.2) is 198 Å². The van der Waals surface area contributed by atoms with Crippen molar-refractivity contribution in [2.45, 2.75) is 0 Å². The van der Waals surface area contributed by atoms with E-state index in [2.05, 4.69) is 30.3 Å². The molecule has 0 radical (unpaired) electrons. The highest BCUT2D eigenvalue weighted by Gasteiger charge is 2.21. The van der Waals surface area contributed by atoms with E-state index in [9.17, 15) is 2.74 Å². The summed E-state index contributed by atoms with van der Waals surface area (Å²) in [6, 6.07) is 43.8. The Labute approximate surface area is 344 Å². The van der Waals surface area contributed by atoms with E-state index < -0.39 is 36.3 Å². The van der Waals surface area contributed by atoms with Crippen molar-refractivity contribution in [3.05, 3.63) is 194 Å². The molecular weight excluding hydrogens is 709 g/mol. The Morgan fingerprint density at radius 1 is 0.414 bits per heavy atom. The number of hydrogen-bond acceptors (Lipinski definition) is 4. The Kier molecular flexibility index (Phi) is 5.60. The molecule has 0 spiro atoms. The molecule has 0 bridgehead atoms. The lowest BCUT2D eigenvalue weighted by molar-refractivity contribution is 0.670. The lowest BCUT2D eigenvalue weighted by Crippen LogP contribution is -2.00. The molecule has 3 aromatic heterocycles. The molecule has 58 heavy (non-hydrogen) atoms. The van der Waals surface area contributed by atoms with Crippen LogP contribution in [0.5, 0.6) is 0 Å². The first-order valence-electron chi connectivity index (χ1n) is 22.9. The lowest BCUT2D eigenvalue weighted by Gasteiger charge is -2.14. The van der Waals surface area contributed by atoms with Gasteiger partial charge in [0.1, 0.15) is 11.2 Å². The zero-order valence-corrected chi connectivity index (χ0v) is 30.6. The third-order valence-corrected chi connectivity index (χ3v) is 10.9. The molecule has 0 aliphatic carbocycles. The molecule has 0 fully saturated rings. The molecule has 12 aromatic rings. The third-order valence-electron chi connectivity index (χ3n) is 10.9. The highest BCUT2D eigenvalue weighted by Crippen LogP contribution is 2.44. The molecule has 0 unspecified atom stereocenters. The van der Waals surface area contributed by atoms with Gasteiger partial charge < -0.3 is 8.98 Å². The number of hydrogen-bond donors (Lipinski definition) is 0. The summed E-state index contributed by atoms with van der Waals surface area (Å²) >= 11 is 0. The highest BCUT2D eigenvalue weighted by molar-refractivity contribution is 6.19. The van der Waals surface area contributed by atoms with Gasteiger partial charge in [0.2, 0.25) is 0 Å². The van der Waals surface area contributed by atoms with Gasteiger partial charge in [0.25, 0.3) is 0 Å². The minimum Gasteiger partial charge on any atom is -0.455 e. The lowest BCUT2D eigenvalue weighted by atomic mass is 9.92. The molecule has 12 rings (SSSR count). The van der Waals surface area contributed by atoms with Gasteiger partial charge in [0.15, 0.2) is 17.5 Å². The van der Waals surface area contributed by atoms with Crippen LogP contribution >= 0.6 is 0 Å². The van der Waals surface area contributed by atoms with Crippen LogP contribution in [0, 0.1) is 0 Å². The standard InChI is InChI=1S/C53H32N4O/c1-3-15-33(16-4-1)51-54-52(34-17-5-2-6-18-34)56-53(55-51)36-27-28-43-45-31-37(57-47-25-13-11-23-41(47)42-24-12-14-26-48(42)57)32-46(50(45)58-49(43)30-36)44-29-35-19-7-8-20-38(35)39-21-9-10-22-40(39)44/h1-32H/i11D,12D,13D,14D,23D,24D,25D,26D. The molecular formula is C53H32N4O. The van der Waals surface area contributed by atoms with E-state index >= 15 is 0 Å². The van der Waals surface area contributed by atoms with E-state index in [1.807, 2.05) is 115 Å². The van der Waals surface area contributed by atoms with E-state index in [0.29, 0.717) is 50.8 Å². The van der Waals surface area contributed by atoms with E-state index in [4.69, 9.17) is 27.6 Å². The Morgan fingerprint density at radius 3 is 1.66 bits per heavy atom. The molecule has 0 aliphatic heterocycles. The first-order valence-corrected chi connectivity index (χ1v) is 18.9. The summed E-state index contributed by atoms with van der Waals surface area (Å²) < 4.78 is 79.9. The average molecular weight is 749 g/mol. The van der Waals surface area contributed by atoms with Crippen LogP contribution in [-0.4, -0.2) is 19.5 Å². The maximum Gasteiger partial charge on any atom is 0.164 e. The fraction of sp³-hybridized carbons (Fsp3) is 0. The molecule has 5 nitrogen and oxygen atoms in total. The molecule has 9 aromatic carbocycles. The normalized spacial score (nSPS) is 13.7. The zero-order chi connectivity index (χ0) is 45.1. The van der Waals surface area contributed by atoms with Gasteiger partial charge in [-0.2, -0.15) is 0 Å². The van der Waals surface area contributed by atoms with E-state index in [1.165, 1.54) is 0 Å². The molecule has 0 N–H and O–H groups in total. The summed E-state index contributed by atoms with van der Waals surface area (Å²) in [5.74, 6) is 1.47. The molecule has 0 aliphatic rings. The van der Waals surface area contributed by atoms with Crippen LogP contribution in [0.25, 0.3) is 116 Å². The number of para-hydroxylation sites is 2. The van der Waals surface area contributed by atoms with Crippen molar-refractivity contribution in [2.75, 3.05) is 0 Å². The summed E-state index contributed by atoms with van der Waals surface area (Å²) in [6.07, 6.45) is 0. The summed E-state index contributed by atoms with van der Waals surface area (Å²) in [7, 11) is 0. The van der Waals surface area contributed by atoms with Gasteiger partial charge in [0, 0.05) is 49.5 Å². The summed E-state index contributed by atoms with van der Waals surface area (Å²) in [5.41, 5.74) is 5.40. The highest BCUT2D eigenvalue weighted by atomic mass is 16.3. The summed E-state index contributed by atoms with van der Waals surface area (Å²) in [5, 5.41) is 5.41. The molecule has 5 heteroatoms. The SMILES string of the molecule is [2H]c1c([2H])c([2H])c2c(c1[2H])c1c([2H])c([2H])c([2H])c([2H])c1n2-c1cc(-c2cc3ccccc3c3ccccc23)c2oc3cc(-c4nc(-c5ccccc5)nc(-c5ccccc5)n4)ccc3c2c1. The second-order valence-corrected chi connectivity index (χ2v) is 14.2. The molecule has 0 saturated carbocycles. The van der Waals surface area contributed by atoms with E-state index in [0.717, 1.165) is 43.6 Å². The predicted octanol–water partition coefficient (Wildman–Crippen LogP) is 13.8. The van der Waals surface area contributed by atoms with Gasteiger partial charge in [-0.25, -0.2) is 15.0 Å². The van der Waals surface area contributed by atoms with Crippen LogP contribution in [0.4, 0.5) is 0 Å². The van der Waals surface area contributed by atoms with Gasteiger partial charge in [0.05, 0.1) is 22.0 Å². The number of fused-ring (bicyclic) bond motifs is 9. The van der Waals surface area contributed by atoms with Crippen molar-refractivity contribution >= 4 is 65.3 Å². The average Bonchev–Trinajstić information content (AvgIpc) is 3.93. The molecule has 3 heterocycles. The minimum atomic E-state index is -0.501. The first-order chi connectivity index (χ1) is 32.1. The third kappa shape index (κ3) is 5.07. The van der Waals surface area contributed by atoms with Crippen LogP contribution in [0.1, 0.15) is 11.0 Å². The minimum absolute atomic E-state index is 0.00425. The van der Waals surface area contributed by atoms with E-state index in [1.54, 1.807) is 4.57 Å². The van der Waals surface area contributed by atoms with Crippen LogP contribution in [0.3, 0.4) is 0 Å². The fourth-order valence-electron chi connectivity index (χ4n) is 8.22. The summed E-state index contributed by atoms with van der Waals surface area (Å²) in [6.45, 7) is 0. The zero-order valence-electron chi connectivity index (χ0n) is 38.6. The van der Waals surface area contributed by atoms with Gasteiger partial charge in [-0.3, -0.25) is 0 Å². The number of benzene rings is 9. The Balaban J connectivity index is 1.19. The molecule has 270 valence electrons. The van der Waals surface area contributed by atoms with Gasteiger partial charge >= 0.3 is 0 Å². The Hall–Kier alpha value is -7.89. The number of aromatic nitrogens is 4. The van der Waals surface area contributed by atoms with Crippen LogP contribution in [-0.2, 0) is 0 Å². The van der Waals surface area contributed by atoms with Crippen molar-refractivity contribution in [2.24, 2.45) is 0 Å². The summed E-state index contributed by atoms with van der Waals surface area (Å²) in [4.78, 5) is 14.8. The van der Waals surface area contributed by atoms with E-state index in [-0.39, 0.29) is 33.9 Å². The van der Waals surface area contributed by atoms with Gasteiger partial charge in [-0.15, -0.1) is 0 Å². The number of furan rings is 1. The quantitative estimate of drug-likeness (QED) is 0.164. The maximum atomic E-state index is 9.26. The van der Waals surface area contributed by atoms with Crippen molar-refractivity contribution in [1.29, 1.82) is 0 Å². The predicted molar refractivity (Wildman–Crippen MR) is 238 cm³/mol. The van der Waals surface area contributed by atoms with Crippen LogP contribution in [0.2, 0.25) is 0 Å². The second kappa shape index (κ2) is 12.8. The first kappa shape index (κ1) is 25.3. The van der Waals surface area contributed by atoms with Crippen molar-refractivity contribution in [3.63, 3.8) is 0 Å². The van der Waals surface area contributed by atoms with Gasteiger partial charge in [-0.05, 0) is 69.5 Å². The van der Waals surface area contributed by atoms with Crippen LogP contribution < -0.4 is 0 Å². The fourth-order valence-corrected chi connectivity index (χ4v) is 8.22. The Bertz CT molecular complexity index is 3910. The Morgan fingerprint density at radius 2 is 0.983 bits per heavy atom. The maximum absolute atomic E-state index is 9.26. The second-order valence-electron chi connectivity index (χ2n) is 14.2. The number of rotatable bonds is 5. The molecule has 0 amide bonds. The molecule has 0 atom stereocenters. The van der Waals surface area contributed by atoms with Crippen molar-refractivity contribution in [3.8, 4) is 51.0 Å². The molecule has 0 saturated heterocycles. The smallest absolute Gasteiger partial charge is 0.164 e. The van der Waals surface area contributed by atoms with Crippen molar-refractivity contribution in [1.82, 2.24) is 19.5 Å².